The molecule has 0 amide bonds. The first-order valence-corrected chi connectivity index (χ1v) is 6.93. The van der Waals surface area contributed by atoms with Crippen LogP contribution in [0.3, 0.4) is 0 Å². The fraction of sp³-hybridized carbons (Fsp3) is 0.286. The smallest absolute Gasteiger partial charge is 0.173 e. The third-order valence-electron chi connectivity index (χ3n) is 2.72. The van der Waals surface area contributed by atoms with Crippen molar-refractivity contribution >= 4 is 17.5 Å². The second kappa shape index (κ2) is 5.87. The van der Waals surface area contributed by atoms with Gasteiger partial charge < -0.3 is 4.57 Å². The maximum absolute atomic E-state index is 12.0. The standard InChI is InChI=1S/C14H16N2OS/c1-3-16-9-8-15-14(16)18-10-13(17)12-6-4-11(2)5-7-12/h4-9H,3,10H2,1-2H3. The minimum atomic E-state index is 0.144. The van der Waals surface area contributed by atoms with Crippen LogP contribution in [0.4, 0.5) is 0 Å². The van der Waals surface area contributed by atoms with Crippen LogP contribution in [-0.2, 0) is 6.54 Å². The summed E-state index contributed by atoms with van der Waals surface area (Å²) in [5.41, 5.74) is 1.93. The lowest BCUT2D eigenvalue weighted by atomic mass is 10.1. The third-order valence-corrected chi connectivity index (χ3v) is 3.73. The zero-order chi connectivity index (χ0) is 13.0. The average molecular weight is 260 g/mol. The molecule has 0 unspecified atom stereocenters. The number of carbonyl (C=O) groups excluding carboxylic acids is 1. The number of benzene rings is 1. The van der Waals surface area contributed by atoms with Crippen molar-refractivity contribution in [3.8, 4) is 0 Å². The van der Waals surface area contributed by atoms with Crippen LogP contribution in [-0.4, -0.2) is 21.1 Å². The van der Waals surface area contributed by atoms with Crippen molar-refractivity contribution in [2.24, 2.45) is 0 Å². The number of imidazole rings is 1. The predicted octanol–water partition coefficient (Wildman–Crippen LogP) is 3.19. The predicted molar refractivity (Wildman–Crippen MR) is 74.1 cm³/mol. The fourth-order valence-corrected chi connectivity index (χ4v) is 2.55. The number of aryl methyl sites for hydroxylation is 2. The van der Waals surface area contributed by atoms with Crippen molar-refractivity contribution in [1.82, 2.24) is 9.55 Å². The Morgan fingerprint density at radius 3 is 2.72 bits per heavy atom. The van der Waals surface area contributed by atoms with E-state index in [0.29, 0.717) is 5.75 Å². The number of aromatic nitrogens is 2. The van der Waals surface area contributed by atoms with Crippen LogP contribution in [0.2, 0.25) is 0 Å². The molecule has 0 spiro atoms. The minimum absolute atomic E-state index is 0.144. The van der Waals surface area contributed by atoms with E-state index in [1.165, 1.54) is 17.3 Å². The van der Waals surface area contributed by atoms with Gasteiger partial charge in [0, 0.05) is 24.5 Å². The Bertz CT molecular complexity index is 531. The molecule has 0 saturated carbocycles. The van der Waals surface area contributed by atoms with E-state index in [-0.39, 0.29) is 5.78 Å². The van der Waals surface area contributed by atoms with E-state index in [4.69, 9.17) is 0 Å². The van der Waals surface area contributed by atoms with Gasteiger partial charge in [-0.25, -0.2) is 4.98 Å². The van der Waals surface area contributed by atoms with Crippen LogP contribution in [0.15, 0.2) is 41.8 Å². The largest absolute Gasteiger partial charge is 0.326 e. The quantitative estimate of drug-likeness (QED) is 0.611. The molecule has 0 radical (unpaired) electrons. The first-order valence-electron chi connectivity index (χ1n) is 5.94. The third kappa shape index (κ3) is 3.01. The molecule has 2 aromatic rings. The van der Waals surface area contributed by atoms with Crippen molar-refractivity contribution in [3.05, 3.63) is 47.8 Å². The van der Waals surface area contributed by atoms with Gasteiger partial charge in [-0.05, 0) is 13.8 Å². The first kappa shape index (κ1) is 12.9. The molecule has 0 bridgehead atoms. The van der Waals surface area contributed by atoms with Gasteiger partial charge in [-0.3, -0.25) is 4.79 Å². The molecule has 0 aliphatic carbocycles. The lowest BCUT2D eigenvalue weighted by Gasteiger charge is -2.04. The van der Waals surface area contributed by atoms with Gasteiger partial charge in [-0.1, -0.05) is 41.6 Å². The van der Waals surface area contributed by atoms with Crippen molar-refractivity contribution in [2.45, 2.75) is 25.5 Å². The molecular weight excluding hydrogens is 244 g/mol. The number of hydrogen-bond donors (Lipinski definition) is 0. The molecular formula is C14H16N2OS. The highest BCUT2D eigenvalue weighted by atomic mass is 32.2. The van der Waals surface area contributed by atoms with Gasteiger partial charge in [0.15, 0.2) is 10.9 Å². The number of nitrogens with zero attached hydrogens (tertiary/aromatic N) is 2. The van der Waals surface area contributed by atoms with Crippen LogP contribution < -0.4 is 0 Å². The van der Waals surface area contributed by atoms with E-state index in [0.717, 1.165) is 17.3 Å². The molecule has 0 saturated heterocycles. The number of Topliss-reactive ketones (excluding diaryl/α,β-unsaturated/α-hetero) is 1. The molecule has 94 valence electrons. The second-order valence-electron chi connectivity index (χ2n) is 4.07. The van der Waals surface area contributed by atoms with Gasteiger partial charge in [0.1, 0.15) is 0 Å². The van der Waals surface area contributed by atoms with Crippen LogP contribution in [0, 0.1) is 6.92 Å². The molecule has 0 aliphatic rings. The van der Waals surface area contributed by atoms with E-state index in [2.05, 4.69) is 11.9 Å². The topological polar surface area (TPSA) is 34.9 Å². The summed E-state index contributed by atoms with van der Waals surface area (Å²) in [5.74, 6) is 0.575. The summed E-state index contributed by atoms with van der Waals surface area (Å²) >= 11 is 1.49. The molecule has 0 atom stereocenters. The minimum Gasteiger partial charge on any atom is -0.326 e. The second-order valence-corrected chi connectivity index (χ2v) is 5.02. The average Bonchev–Trinajstić information content (AvgIpc) is 2.84. The lowest BCUT2D eigenvalue weighted by Crippen LogP contribution is -2.04. The summed E-state index contributed by atoms with van der Waals surface area (Å²) in [6.07, 6.45) is 3.70. The highest BCUT2D eigenvalue weighted by molar-refractivity contribution is 7.99. The highest BCUT2D eigenvalue weighted by Crippen LogP contribution is 2.17. The monoisotopic (exact) mass is 260 g/mol. The molecule has 1 aromatic carbocycles. The maximum Gasteiger partial charge on any atom is 0.173 e. The van der Waals surface area contributed by atoms with Crippen molar-refractivity contribution in [2.75, 3.05) is 5.75 Å². The fourth-order valence-electron chi connectivity index (χ4n) is 1.63. The first-order chi connectivity index (χ1) is 8.70. The van der Waals surface area contributed by atoms with E-state index in [9.17, 15) is 4.79 Å². The Kier molecular flexibility index (Phi) is 4.20. The van der Waals surface area contributed by atoms with Crippen LogP contribution in [0.25, 0.3) is 0 Å². The number of hydrogen-bond acceptors (Lipinski definition) is 3. The van der Waals surface area contributed by atoms with E-state index >= 15 is 0 Å². The van der Waals surface area contributed by atoms with Crippen molar-refractivity contribution in [3.63, 3.8) is 0 Å². The van der Waals surface area contributed by atoms with Crippen molar-refractivity contribution < 1.29 is 4.79 Å². The summed E-state index contributed by atoms with van der Waals surface area (Å²) in [6.45, 7) is 4.95. The maximum atomic E-state index is 12.0. The molecule has 1 heterocycles. The van der Waals surface area contributed by atoms with Gasteiger partial charge in [0.05, 0.1) is 5.75 Å². The normalized spacial score (nSPS) is 10.6. The SMILES string of the molecule is CCn1ccnc1SCC(=O)c1ccc(C)cc1. The zero-order valence-corrected chi connectivity index (χ0v) is 11.4. The Balaban J connectivity index is 1.98. The zero-order valence-electron chi connectivity index (χ0n) is 10.6. The van der Waals surface area contributed by atoms with Crippen LogP contribution in [0.5, 0.6) is 0 Å². The molecule has 2 rings (SSSR count). The van der Waals surface area contributed by atoms with E-state index in [1.807, 2.05) is 42.0 Å². The number of rotatable bonds is 5. The van der Waals surface area contributed by atoms with E-state index in [1.54, 1.807) is 6.20 Å². The highest BCUT2D eigenvalue weighted by Gasteiger charge is 2.08. The van der Waals surface area contributed by atoms with Gasteiger partial charge in [0.25, 0.3) is 0 Å². The molecule has 4 heteroatoms. The molecule has 0 fully saturated rings. The van der Waals surface area contributed by atoms with Crippen LogP contribution in [0.1, 0.15) is 22.8 Å². The van der Waals surface area contributed by atoms with Gasteiger partial charge >= 0.3 is 0 Å². The molecule has 18 heavy (non-hydrogen) atoms. The molecule has 0 N–H and O–H groups in total. The summed E-state index contributed by atoms with van der Waals surface area (Å²) in [7, 11) is 0. The molecule has 3 nitrogen and oxygen atoms in total. The van der Waals surface area contributed by atoms with Crippen LogP contribution >= 0.6 is 11.8 Å². The van der Waals surface area contributed by atoms with Gasteiger partial charge in [-0.2, -0.15) is 0 Å². The Hall–Kier alpha value is -1.55. The summed E-state index contributed by atoms with van der Waals surface area (Å²) in [4.78, 5) is 16.2. The molecule has 1 aromatic heterocycles. The number of thioether (sulfide) groups is 1. The van der Waals surface area contributed by atoms with E-state index < -0.39 is 0 Å². The summed E-state index contributed by atoms with van der Waals surface area (Å²) in [6, 6.07) is 7.69. The number of ketones is 1. The summed E-state index contributed by atoms with van der Waals surface area (Å²) < 4.78 is 2.03. The Morgan fingerprint density at radius 2 is 2.06 bits per heavy atom. The lowest BCUT2D eigenvalue weighted by molar-refractivity contribution is 0.102. The molecule has 0 aliphatic heterocycles. The number of carbonyl (C=O) groups is 1. The Labute approximate surface area is 111 Å². The van der Waals surface area contributed by atoms with Crippen molar-refractivity contribution in [1.29, 1.82) is 0 Å². The van der Waals surface area contributed by atoms with Gasteiger partial charge in [0.2, 0.25) is 0 Å². The summed E-state index contributed by atoms with van der Waals surface area (Å²) in [5, 5.41) is 0.901. The Morgan fingerprint density at radius 1 is 1.33 bits per heavy atom. The van der Waals surface area contributed by atoms with Gasteiger partial charge in [-0.15, -0.1) is 0 Å².